The van der Waals surface area contributed by atoms with Crippen molar-refractivity contribution in [2.75, 3.05) is 14.2 Å². The molecule has 5 heteroatoms. The molecule has 0 amide bonds. The van der Waals surface area contributed by atoms with Gasteiger partial charge in [0.2, 0.25) is 0 Å². The van der Waals surface area contributed by atoms with Gasteiger partial charge in [0.1, 0.15) is 5.82 Å². The maximum absolute atomic E-state index is 11.9. The second-order valence-corrected chi connectivity index (χ2v) is 4.38. The van der Waals surface area contributed by atoms with Crippen LogP contribution in [0.15, 0.2) is 29.1 Å². The summed E-state index contributed by atoms with van der Waals surface area (Å²) < 4.78 is 12.0. The number of aromatic nitrogens is 2. The predicted octanol–water partition coefficient (Wildman–Crippen LogP) is 2.03. The van der Waals surface area contributed by atoms with Gasteiger partial charge < -0.3 is 9.47 Å². The highest BCUT2D eigenvalue weighted by Gasteiger charge is 2.10. The third-order valence-corrected chi connectivity index (χ3v) is 3.22. The maximum atomic E-state index is 11.9. The van der Waals surface area contributed by atoms with Crippen LogP contribution in [0.5, 0.6) is 11.5 Å². The topological polar surface area (TPSA) is 53.4 Å². The Morgan fingerprint density at radius 3 is 2.45 bits per heavy atom. The summed E-state index contributed by atoms with van der Waals surface area (Å²) in [5.41, 5.74) is 1.41. The Hall–Kier alpha value is -2.30. The summed E-state index contributed by atoms with van der Waals surface area (Å²) in [5.74, 6) is 2.02. The van der Waals surface area contributed by atoms with Gasteiger partial charge >= 0.3 is 0 Å². The zero-order chi connectivity index (χ0) is 14.7. The fourth-order valence-electron chi connectivity index (χ4n) is 2.05. The summed E-state index contributed by atoms with van der Waals surface area (Å²) in [6, 6.07) is 7.02. The molecule has 0 unspecified atom stereocenters. The molecule has 0 atom stereocenters. The zero-order valence-corrected chi connectivity index (χ0v) is 12.1. The molecule has 1 aromatic heterocycles. The molecule has 0 N–H and O–H groups in total. The summed E-state index contributed by atoms with van der Waals surface area (Å²) in [4.78, 5) is 16.5. The lowest BCUT2D eigenvalue weighted by Crippen LogP contribution is -2.21. The normalized spacial score (nSPS) is 10.4. The monoisotopic (exact) mass is 274 g/mol. The molecule has 1 heterocycles. The van der Waals surface area contributed by atoms with Crippen LogP contribution in [0.25, 0.3) is 11.3 Å². The van der Waals surface area contributed by atoms with Gasteiger partial charge in [0.25, 0.3) is 5.56 Å². The summed E-state index contributed by atoms with van der Waals surface area (Å²) >= 11 is 0. The van der Waals surface area contributed by atoms with E-state index in [0.29, 0.717) is 23.6 Å². The summed E-state index contributed by atoms with van der Waals surface area (Å²) in [6.45, 7) is 1.97. The molecule has 0 aliphatic rings. The van der Waals surface area contributed by atoms with Gasteiger partial charge in [-0.25, -0.2) is 4.98 Å². The van der Waals surface area contributed by atoms with Crippen molar-refractivity contribution < 1.29 is 9.47 Å². The van der Waals surface area contributed by atoms with Gasteiger partial charge in [0, 0.05) is 25.1 Å². The molecule has 0 aliphatic carbocycles. The van der Waals surface area contributed by atoms with Crippen LogP contribution in [0.1, 0.15) is 12.7 Å². The molecule has 20 heavy (non-hydrogen) atoms. The lowest BCUT2D eigenvalue weighted by Gasteiger charge is -2.11. The van der Waals surface area contributed by atoms with Gasteiger partial charge in [-0.3, -0.25) is 9.36 Å². The van der Waals surface area contributed by atoms with Gasteiger partial charge in [-0.15, -0.1) is 0 Å². The lowest BCUT2D eigenvalue weighted by molar-refractivity contribution is 0.355. The number of methoxy groups -OCH3 is 2. The maximum Gasteiger partial charge on any atom is 0.253 e. The Morgan fingerprint density at radius 2 is 1.85 bits per heavy atom. The molecule has 2 rings (SSSR count). The molecular weight excluding hydrogens is 256 g/mol. The van der Waals surface area contributed by atoms with Crippen molar-refractivity contribution in [1.29, 1.82) is 0 Å². The van der Waals surface area contributed by atoms with E-state index in [1.54, 1.807) is 31.9 Å². The van der Waals surface area contributed by atoms with Gasteiger partial charge in [-0.2, -0.15) is 0 Å². The van der Waals surface area contributed by atoms with Crippen molar-refractivity contribution in [2.45, 2.75) is 13.3 Å². The van der Waals surface area contributed by atoms with Crippen molar-refractivity contribution in [3.05, 3.63) is 40.4 Å². The fraction of sp³-hybridized carbons (Fsp3) is 0.333. The number of aryl methyl sites for hydroxylation is 1. The summed E-state index contributed by atoms with van der Waals surface area (Å²) in [7, 11) is 4.90. The molecule has 0 radical (unpaired) electrons. The smallest absolute Gasteiger partial charge is 0.253 e. The van der Waals surface area contributed by atoms with Crippen LogP contribution in [-0.4, -0.2) is 23.8 Å². The average molecular weight is 274 g/mol. The number of hydrogen-bond acceptors (Lipinski definition) is 4. The summed E-state index contributed by atoms with van der Waals surface area (Å²) in [6.07, 6.45) is 0.701. The van der Waals surface area contributed by atoms with E-state index in [1.165, 1.54) is 6.07 Å². The van der Waals surface area contributed by atoms with Gasteiger partial charge in [0.05, 0.1) is 19.9 Å². The van der Waals surface area contributed by atoms with Gasteiger partial charge in [0.15, 0.2) is 11.5 Å². The van der Waals surface area contributed by atoms with Crippen LogP contribution in [0.4, 0.5) is 0 Å². The highest BCUT2D eigenvalue weighted by Crippen LogP contribution is 2.31. The Bertz CT molecular complexity index is 677. The van der Waals surface area contributed by atoms with E-state index in [0.717, 1.165) is 11.4 Å². The van der Waals surface area contributed by atoms with E-state index in [9.17, 15) is 4.79 Å². The first-order valence-corrected chi connectivity index (χ1v) is 6.40. The molecule has 0 saturated heterocycles. The molecule has 2 aromatic rings. The quantitative estimate of drug-likeness (QED) is 0.856. The first-order chi connectivity index (χ1) is 9.60. The lowest BCUT2D eigenvalue weighted by atomic mass is 10.1. The minimum atomic E-state index is -0.0679. The standard InChI is InChI=1S/C15H18N2O3/c1-5-14-16-11(9-15(18)17(14)2)10-6-7-12(19-3)13(8-10)20-4/h6-9H,5H2,1-4H3. The highest BCUT2D eigenvalue weighted by atomic mass is 16.5. The number of benzene rings is 1. The van der Waals surface area contributed by atoms with E-state index in [2.05, 4.69) is 4.98 Å². The second kappa shape index (κ2) is 5.77. The number of nitrogens with zero attached hydrogens (tertiary/aromatic N) is 2. The van der Waals surface area contributed by atoms with Crippen LogP contribution in [0.2, 0.25) is 0 Å². The SMILES string of the molecule is CCc1nc(-c2ccc(OC)c(OC)c2)cc(=O)n1C. The van der Waals surface area contributed by atoms with E-state index in [-0.39, 0.29) is 5.56 Å². The molecule has 106 valence electrons. The van der Waals surface area contributed by atoms with E-state index in [4.69, 9.17) is 9.47 Å². The van der Waals surface area contributed by atoms with Gasteiger partial charge in [-0.05, 0) is 18.2 Å². The van der Waals surface area contributed by atoms with Crippen molar-refractivity contribution in [2.24, 2.45) is 7.05 Å². The molecule has 0 spiro atoms. The minimum absolute atomic E-state index is 0.0679. The van der Waals surface area contributed by atoms with Gasteiger partial charge in [-0.1, -0.05) is 6.92 Å². The molecular formula is C15H18N2O3. The van der Waals surface area contributed by atoms with Crippen LogP contribution >= 0.6 is 0 Å². The zero-order valence-electron chi connectivity index (χ0n) is 12.1. The Labute approximate surface area is 117 Å². The van der Waals surface area contributed by atoms with Crippen LogP contribution in [-0.2, 0) is 13.5 Å². The number of ether oxygens (including phenoxy) is 2. The molecule has 0 fully saturated rings. The molecule has 5 nitrogen and oxygen atoms in total. The third kappa shape index (κ3) is 2.52. The Balaban J connectivity index is 2.57. The number of rotatable bonds is 4. The highest BCUT2D eigenvalue weighted by molar-refractivity contribution is 5.63. The van der Waals surface area contributed by atoms with E-state index < -0.39 is 0 Å². The third-order valence-electron chi connectivity index (χ3n) is 3.22. The Morgan fingerprint density at radius 1 is 1.15 bits per heavy atom. The molecule has 0 saturated carbocycles. The first-order valence-electron chi connectivity index (χ1n) is 6.40. The minimum Gasteiger partial charge on any atom is -0.493 e. The van der Waals surface area contributed by atoms with E-state index in [1.807, 2.05) is 19.1 Å². The van der Waals surface area contributed by atoms with E-state index >= 15 is 0 Å². The average Bonchev–Trinajstić information content (AvgIpc) is 2.49. The van der Waals surface area contributed by atoms with Crippen LogP contribution in [0.3, 0.4) is 0 Å². The molecule has 0 aliphatic heterocycles. The molecule has 0 bridgehead atoms. The van der Waals surface area contributed by atoms with Crippen molar-refractivity contribution in [3.63, 3.8) is 0 Å². The predicted molar refractivity (Wildman–Crippen MR) is 77.4 cm³/mol. The van der Waals surface area contributed by atoms with Crippen LogP contribution in [0, 0.1) is 0 Å². The summed E-state index contributed by atoms with van der Waals surface area (Å²) in [5, 5.41) is 0. The van der Waals surface area contributed by atoms with Crippen molar-refractivity contribution in [3.8, 4) is 22.8 Å². The fourth-order valence-corrected chi connectivity index (χ4v) is 2.05. The van der Waals surface area contributed by atoms with Crippen LogP contribution < -0.4 is 15.0 Å². The molecule has 1 aromatic carbocycles. The van der Waals surface area contributed by atoms with Crippen molar-refractivity contribution in [1.82, 2.24) is 9.55 Å². The number of hydrogen-bond donors (Lipinski definition) is 0. The Kier molecular flexibility index (Phi) is 4.08. The second-order valence-electron chi connectivity index (χ2n) is 4.38. The largest absolute Gasteiger partial charge is 0.493 e. The first kappa shape index (κ1) is 14.1. The van der Waals surface area contributed by atoms with Crippen molar-refractivity contribution >= 4 is 0 Å².